The van der Waals surface area contributed by atoms with E-state index in [0.29, 0.717) is 0 Å². The lowest BCUT2D eigenvalue weighted by atomic mass is 9.97. The molecule has 1 aliphatic carbocycles. The number of hydrogen-bond acceptors (Lipinski definition) is 3. The molecule has 1 aromatic rings. The van der Waals surface area contributed by atoms with Crippen molar-refractivity contribution in [3.8, 4) is 6.07 Å². The van der Waals surface area contributed by atoms with Gasteiger partial charge in [0.05, 0.1) is 11.8 Å². The van der Waals surface area contributed by atoms with Crippen molar-refractivity contribution in [2.45, 2.75) is 83.5 Å². The van der Waals surface area contributed by atoms with Gasteiger partial charge in [0.1, 0.15) is 10.4 Å². The van der Waals surface area contributed by atoms with E-state index in [2.05, 4.69) is 6.07 Å². The highest BCUT2D eigenvalue weighted by molar-refractivity contribution is 7.12. The number of rotatable bonds is 1. The maximum absolute atomic E-state index is 9.30. The lowest BCUT2D eigenvalue weighted by Crippen LogP contribution is -2.13. The molecule has 0 aliphatic heterocycles. The topological polar surface area (TPSA) is 36.7 Å². The van der Waals surface area contributed by atoms with Gasteiger partial charge in [0.15, 0.2) is 0 Å². The van der Waals surface area contributed by atoms with Crippen LogP contribution in [0.5, 0.6) is 0 Å². The predicted molar refractivity (Wildman–Crippen MR) is 85.1 cm³/mol. The van der Waals surface area contributed by atoms with E-state index in [4.69, 9.17) is 4.98 Å². The van der Waals surface area contributed by atoms with Crippen LogP contribution < -0.4 is 0 Å². The molecule has 0 spiro atoms. The molecule has 2 rings (SSSR count). The monoisotopic (exact) mass is 290 g/mol. The predicted octanol–water partition coefficient (Wildman–Crippen LogP) is 5.16. The molecule has 0 unspecified atom stereocenters. The Morgan fingerprint density at radius 3 is 2.10 bits per heavy atom. The first-order chi connectivity index (χ1) is 9.63. The average molecular weight is 290 g/mol. The van der Waals surface area contributed by atoms with E-state index < -0.39 is 5.41 Å². The summed E-state index contributed by atoms with van der Waals surface area (Å²) >= 11 is 1.78. The Kier molecular flexibility index (Phi) is 5.60. The summed E-state index contributed by atoms with van der Waals surface area (Å²) in [6.07, 6.45) is 13.0. The molecule has 3 heteroatoms. The molecule has 110 valence electrons. The number of aryl methyl sites for hydroxylation is 2. The number of fused-ring (bicyclic) bond motifs is 1. The van der Waals surface area contributed by atoms with E-state index >= 15 is 0 Å². The molecule has 0 radical (unpaired) electrons. The molecular weight excluding hydrogens is 264 g/mol. The molecular formula is C17H26N2S. The summed E-state index contributed by atoms with van der Waals surface area (Å²) < 4.78 is 0. The number of thiazole rings is 1. The zero-order valence-electron chi connectivity index (χ0n) is 12.9. The van der Waals surface area contributed by atoms with Crippen LogP contribution in [0.3, 0.4) is 0 Å². The van der Waals surface area contributed by atoms with Crippen LogP contribution in [0.15, 0.2) is 0 Å². The van der Waals surface area contributed by atoms with Gasteiger partial charge in [-0.15, -0.1) is 11.3 Å². The van der Waals surface area contributed by atoms with Crippen LogP contribution in [-0.2, 0) is 18.3 Å². The van der Waals surface area contributed by atoms with E-state index in [0.717, 1.165) is 17.8 Å². The second-order valence-electron chi connectivity index (χ2n) is 6.45. The molecule has 1 aromatic heterocycles. The first-order valence-electron chi connectivity index (χ1n) is 8.04. The van der Waals surface area contributed by atoms with Gasteiger partial charge in [0, 0.05) is 4.88 Å². The maximum Gasteiger partial charge on any atom is 0.113 e. The summed E-state index contributed by atoms with van der Waals surface area (Å²) in [5, 5.41) is 10.3. The number of nitriles is 1. The molecule has 2 nitrogen and oxygen atoms in total. The van der Waals surface area contributed by atoms with Crippen molar-refractivity contribution in [3.63, 3.8) is 0 Å². The zero-order valence-corrected chi connectivity index (χ0v) is 13.7. The van der Waals surface area contributed by atoms with Crippen molar-refractivity contribution in [3.05, 3.63) is 15.6 Å². The quantitative estimate of drug-likeness (QED) is 0.716. The highest BCUT2D eigenvalue weighted by atomic mass is 32.1. The Morgan fingerprint density at radius 2 is 1.50 bits per heavy atom. The van der Waals surface area contributed by atoms with Gasteiger partial charge in [-0.2, -0.15) is 5.26 Å². The summed E-state index contributed by atoms with van der Waals surface area (Å²) in [5.41, 5.74) is 0.847. The Labute approximate surface area is 127 Å². The van der Waals surface area contributed by atoms with E-state index in [1.807, 2.05) is 13.8 Å². The second-order valence-corrected chi connectivity index (χ2v) is 7.54. The minimum Gasteiger partial charge on any atom is -0.244 e. The van der Waals surface area contributed by atoms with Gasteiger partial charge >= 0.3 is 0 Å². The molecule has 0 bridgehead atoms. The normalized spacial score (nSPS) is 18.4. The van der Waals surface area contributed by atoms with Crippen LogP contribution in [0.25, 0.3) is 0 Å². The lowest BCUT2D eigenvalue weighted by molar-refractivity contribution is 0.558. The number of nitrogens with zero attached hydrogens (tertiary/aromatic N) is 2. The highest BCUT2D eigenvalue weighted by Gasteiger charge is 2.25. The molecule has 20 heavy (non-hydrogen) atoms. The average Bonchev–Trinajstić information content (AvgIpc) is 2.83. The fourth-order valence-corrected chi connectivity index (χ4v) is 3.93. The minimum atomic E-state index is -0.439. The van der Waals surface area contributed by atoms with Crippen molar-refractivity contribution >= 4 is 11.3 Å². The largest absolute Gasteiger partial charge is 0.244 e. The van der Waals surface area contributed by atoms with E-state index in [-0.39, 0.29) is 0 Å². The minimum absolute atomic E-state index is 0.439. The van der Waals surface area contributed by atoms with Gasteiger partial charge < -0.3 is 0 Å². The second kappa shape index (κ2) is 7.22. The van der Waals surface area contributed by atoms with Crippen molar-refractivity contribution in [1.82, 2.24) is 4.98 Å². The fourth-order valence-electron chi connectivity index (χ4n) is 2.73. The number of hydrogen-bond donors (Lipinski definition) is 0. The molecule has 0 aromatic carbocycles. The Morgan fingerprint density at radius 1 is 0.950 bits per heavy atom. The van der Waals surface area contributed by atoms with Crippen molar-refractivity contribution in [1.29, 1.82) is 5.26 Å². The first kappa shape index (κ1) is 15.5. The van der Waals surface area contributed by atoms with E-state index in [9.17, 15) is 5.26 Å². The third kappa shape index (κ3) is 4.06. The third-order valence-electron chi connectivity index (χ3n) is 4.16. The van der Waals surface area contributed by atoms with Gasteiger partial charge in [0.25, 0.3) is 0 Å². The van der Waals surface area contributed by atoms with Gasteiger partial charge in [-0.05, 0) is 39.5 Å². The van der Waals surface area contributed by atoms with Crippen LogP contribution in [0.4, 0.5) is 0 Å². The Balaban J connectivity index is 2.15. The summed E-state index contributed by atoms with van der Waals surface area (Å²) in [6.45, 7) is 3.96. The molecule has 0 N–H and O–H groups in total. The third-order valence-corrected chi connectivity index (χ3v) is 5.64. The van der Waals surface area contributed by atoms with Crippen LogP contribution in [0, 0.1) is 11.3 Å². The van der Waals surface area contributed by atoms with Crippen LogP contribution in [-0.4, -0.2) is 4.98 Å². The summed E-state index contributed by atoms with van der Waals surface area (Å²) in [7, 11) is 0. The van der Waals surface area contributed by atoms with E-state index in [1.165, 1.54) is 61.9 Å². The zero-order chi connectivity index (χ0) is 14.4. The molecule has 1 heterocycles. The summed E-state index contributed by atoms with van der Waals surface area (Å²) in [5.74, 6) is 0. The fraction of sp³-hybridized carbons (Fsp3) is 0.765. The molecule has 0 atom stereocenters. The van der Waals surface area contributed by atoms with Crippen molar-refractivity contribution in [2.75, 3.05) is 0 Å². The molecule has 0 fully saturated rings. The van der Waals surface area contributed by atoms with Gasteiger partial charge in [-0.25, -0.2) is 4.98 Å². The summed E-state index contributed by atoms with van der Waals surface area (Å²) in [4.78, 5) is 6.27. The van der Waals surface area contributed by atoms with Gasteiger partial charge in [-0.1, -0.05) is 38.5 Å². The summed E-state index contributed by atoms with van der Waals surface area (Å²) in [6, 6.07) is 2.39. The molecule has 1 aliphatic rings. The molecule has 0 saturated carbocycles. The standard InChI is InChI=1S/C17H26N2S/c1-17(2,13-18)16-19-14-11-9-7-5-3-4-6-8-10-12-15(14)20-16/h3-12H2,1-2H3. The van der Waals surface area contributed by atoms with E-state index in [1.54, 1.807) is 11.3 Å². The van der Waals surface area contributed by atoms with Crippen molar-refractivity contribution in [2.24, 2.45) is 0 Å². The Bertz CT molecular complexity index is 438. The Hall–Kier alpha value is -0.880. The first-order valence-corrected chi connectivity index (χ1v) is 8.85. The smallest absolute Gasteiger partial charge is 0.113 e. The molecule has 0 amide bonds. The SMILES string of the molecule is CC(C)(C#N)c1nc2c(s1)CCCCCCCCCC2. The van der Waals surface area contributed by atoms with Gasteiger partial charge in [0.2, 0.25) is 0 Å². The van der Waals surface area contributed by atoms with Crippen LogP contribution in [0.2, 0.25) is 0 Å². The van der Waals surface area contributed by atoms with Crippen LogP contribution >= 0.6 is 11.3 Å². The lowest BCUT2D eigenvalue weighted by Gasteiger charge is -2.09. The van der Waals surface area contributed by atoms with Crippen LogP contribution in [0.1, 0.15) is 80.8 Å². The number of aromatic nitrogens is 1. The molecule has 0 saturated heterocycles. The van der Waals surface area contributed by atoms with Gasteiger partial charge in [-0.3, -0.25) is 0 Å². The van der Waals surface area contributed by atoms with Crippen molar-refractivity contribution < 1.29 is 0 Å². The highest BCUT2D eigenvalue weighted by Crippen LogP contribution is 2.31. The maximum atomic E-state index is 9.30.